The zero-order valence-corrected chi connectivity index (χ0v) is 10.3. The third-order valence-electron chi connectivity index (χ3n) is 2.85. The molecule has 0 aliphatic rings. The van der Waals surface area contributed by atoms with E-state index in [-0.39, 0.29) is 0 Å². The van der Waals surface area contributed by atoms with E-state index in [1.807, 2.05) is 0 Å². The van der Waals surface area contributed by atoms with Crippen LogP contribution >= 0.6 is 0 Å². The molecule has 1 aromatic heterocycles. The van der Waals surface area contributed by atoms with Crippen LogP contribution in [-0.2, 0) is 0 Å². The van der Waals surface area contributed by atoms with Crippen molar-refractivity contribution in [3.63, 3.8) is 0 Å². The highest BCUT2D eigenvalue weighted by molar-refractivity contribution is 5.65. The number of benzene rings is 1. The van der Waals surface area contributed by atoms with Crippen LogP contribution in [-0.4, -0.2) is 9.97 Å². The lowest BCUT2D eigenvalue weighted by Crippen LogP contribution is -1.89. The highest BCUT2D eigenvalue weighted by atomic mass is 14.9. The fourth-order valence-electron chi connectivity index (χ4n) is 1.86. The molecule has 16 heavy (non-hydrogen) atoms. The predicted octanol–water partition coefficient (Wildman–Crippen LogP) is 3.82. The third kappa shape index (κ3) is 1.87. The van der Waals surface area contributed by atoms with Crippen LogP contribution in [0.5, 0.6) is 0 Å². The van der Waals surface area contributed by atoms with Gasteiger partial charge in [-0.25, -0.2) is 4.98 Å². The lowest BCUT2D eigenvalue weighted by Gasteiger charge is -2.02. The maximum atomic E-state index is 4.68. The Bertz CT molecular complexity index is 495. The maximum absolute atomic E-state index is 4.68. The Labute approximate surface area is 96.7 Å². The first-order chi connectivity index (χ1) is 7.59. The van der Waals surface area contributed by atoms with Crippen molar-refractivity contribution >= 4 is 0 Å². The third-order valence-corrected chi connectivity index (χ3v) is 2.85. The largest absolute Gasteiger partial charge is 0.345 e. The topological polar surface area (TPSA) is 28.7 Å². The molecule has 0 saturated carbocycles. The molecule has 1 heterocycles. The molecule has 2 nitrogen and oxygen atoms in total. The van der Waals surface area contributed by atoms with Gasteiger partial charge in [-0.05, 0) is 19.4 Å². The standard InChI is InChI=1S/C14H18N2/c1-9(2)14-15-11(4)13(16-14)12-8-6-5-7-10(12)3/h5-9H,1-4H3,(H,15,16). The number of hydrogen-bond acceptors (Lipinski definition) is 1. The van der Waals surface area contributed by atoms with Crippen LogP contribution < -0.4 is 0 Å². The van der Waals surface area contributed by atoms with E-state index in [0.717, 1.165) is 17.2 Å². The molecule has 1 aromatic carbocycles. The van der Waals surface area contributed by atoms with Crippen molar-refractivity contribution in [2.24, 2.45) is 0 Å². The van der Waals surface area contributed by atoms with Crippen molar-refractivity contribution < 1.29 is 0 Å². The minimum atomic E-state index is 0.441. The summed E-state index contributed by atoms with van der Waals surface area (Å²) in [6, 6.07) is 8.37. The van der Waals surface area contributed by atoms with E-state index in [9.17, 15) is 0 Å². The van der Waals surface area contributed by atoms with Crippen LogP contribution in [0.2, 0.25) is 0 Å². The van der Waals surface area contributed by atoms with E-state index in [0.29, 0.717) is 5.92 Å². The SMILES string of the molecule is Cc1ccccc1-c1nc(C(C)C)[nH]c1C. The number of aromatic amines is 1. The molecule has 84 valence electrons. The summed E-state index contributed by atoms with van der Waals surface area (Å²) < 4.78 is 0. The van der Waals surface area contributed by atoms with Crippen LogP contribution in [0, 0.1) is 13.8 Å². The van der Waals surface area contributed by atoms with Gasteiger partial charge < -0.3 is 4.98 Å². The predicted molar refractivity (Wildman–Crippen MR) is 67.6 cm³/mol. The zero-order valence-electron chi connectivity index (χ0n) is 10.3. The van der Waals surface area contributed by atoms with E-state index in [4.69, 9.17) is 0 Å². The minimum Gasteiger partial charge on any atom is -0.345 e. The number of H-pyrrole nitrogens is 1. The van der Waals surface area contributed by atoms with Gasteiger partial charge in [-0.15, -0.1) is 0 Å². The lowest BCUT2D eigenvalue weighted by atomic mass is 10.1. The molecule has 0 fully saturated rings. The fraction of sp³-hybridized carbons (Fsp3) is 0.357. The van der Waals surface area contributed by atoms with Crippen LogP contribution in [0.3, 0.4) is 0 Å². The molecule has 2 rings (SSSR count). The van der Waals surface area contributed by atoms with Gasteiger partial charge in [-0.3, -0.25) is 0 Å². The molecular formula is C14H18N2. The second-order valence-corrected chi connectivity index (χ2v) is 4.57. The van der Waals surface area contributed by atoms with Crippen molar-refractivity contribution in [2.45, 2.75) is 33.6 Å². The summed E-state index contributed by atoms with van der Waals surface area (Å²) in [6.45, 7) is 8.51. The van der Waals surface area contributed by atoms with Crippen LogP contribution in [0.1, 0.15) is 36.8 Å². The van der Waals surface area contributed by atoms with Gasteiger partial charge in [0.1, 0.15) is 5.82 Å². The highest BCUT2D eigenvalue weighted by Crippen LogP contribution is 2.26. The van der Waals surface area contributed by atoms with Gasteiger partial charge in [0.15, 0.2) is 0 Å². The molecule has 0 bridgehead atoms. The first-order valence-electron chi connectivity index (χ1n) is 5.72. The summed E-state index contributed by atoms with van der Waals surface area (Å²) >= 11 is 0. The van der Waals surface area contributed by atoms with Gasteiger partial charge in [-0.2, -0.15) is 0 Å². The van der Waals surface area contributed by atoms with Crippen LogP contribution in [0.15, 0.2) is 24.3 Å². The van der Waals surface area contributed by atoms with Crippen molar-refractivity contribution in [1.82, 2.24) is 9.97 Å². The van der Waals surface area contributed by atoms with E-state index >= 15 is 0 Å². The van der Waals surface area contributed by atoms with Gasteiger partial charge in [0.2, 0.25) is 0 Å². The summed E-state index contributed by atoms with van der Waals surface area (Å²) in [5, 5.41) is 0. The van der Waals surface area contributed by atoms with Gasteiger partial charge in [0.25, 0.3) is 0 Å². The molecule has 0 spiro atoms. The summed E-state index contributed by atoms with van der Waals surface area (Å²) in [4.78, 5) is 8.04. The van der Waals surface area contributed by atoms with Crippen molar-refractivity contribution in [3.05, 3.63) is 41.3 Å². The zero-order chi connectivity index (χ0) is 11.7. The Morgan fingerprint density at radius 2 is 1.81 bits per heavy atom. The average molecular weight is 214 g/mol. The fourth-order valence-corrected chi connectivity index (χ4v) is 1.86. The Morgan fingerprint density at radius 3 is 2.38 bits per heavy atom. The molecule has 0 aliphatic heterocycles. The number of nitrogens with one attached hydrogen (secondary N) is 1. The Kier molecular flexibility index (Phi) is 2.82. The molecular weight excluding hydrogens is 196 g/mol. The molecule has 0 atom stereocenters. The quantitative estimate of drug-likeness (QED) is 0.809. The first kappa shape index (κ1) is 10.9. The van der Waals surface area contributed by atoms with Crippen LogP contribution in [0.25, 0.3) is 11.3 Å². The van der Waals surface area contributed by atoms with Crippen molar-refractivity contribution in [2.75, 3.05) is 0 Å². The number of hydrogen-bond donors (Lipinski definition) is 1. The summed E-state index contributed by atoms with van der Waals surface area (Å²) in [5.74, 6) is 1.51. The second-order valence-electron chi connectivity index (χ2n) is 4.57. The second kappa shape index (κ2) is 4.12. The van der Waals surface area contributed by atoms with Gasteiger partial charge >= 0.3 is 0 Å². The minimum absolute atomic E-state index is 0.441. The van der Waals surface area contributed by atoms with Gasteiger partial charge in [0, 0.05) is 17.2 Å². The molecule has 0 amide bonds. The normalized spacial score (nSPS) is 11.1. The number of nitrogens with zero attached hydrogens (tertiary/aromatic N) is 1. The first-order valence-corrected chi connectivity index (χ1v) is 5.72. The molecule has 2 heteroatoms. The van der Waals surface area contributed by atoms with Gasteiger partial charge in [-0.1, -0.05) is 38.1 Å². The molecule has 0 aliphatic carbocycles. The van der Waals surface area contributed by atoms with E-state index in [2.05, 4.69) is 61.9 Å². The molecule has 1 N–H and O–H groups in total. The smallest absolute Gasteiger partial charge is 0.109 e. The van der Waals surface area contributed by atoms with E-state index in [1.165, 1.54) is 11.1 Å². The van der Waals surface area contributed by atoms with Gasteiger partial charge in [0.05, 0.1) is 5.69 Å². The molecule has 2 aromatic rings. The Balaban J connectivity index is 2.52. The Hall–Kier alpha value is -1.57. The summed E-state index contributed by atoms with van der Waals surface area (Å²) in [7, 11) is 0. The number of rotatable bonds is 2. The number of imidazole rings is 1. The number of aromatic nitrogens is 2. The highest BCUT2D eigenvalue weighted by Gasteiger charge is 2.12. The average Bonchev–Trinajstić information content (AvgIpc) is 2.61. The maximum Gasteiger partial charge on any atom is 0.109 e. The van der Waals surface area contributed by atoms with E-state index < -0.39 is 0 Å². The molecule has 0 saturated heterocycles. The monoisotopic (exact) mass is 214 g/mol. The molecule has 0 radical (unpaired) electrons. The summed E-state index contributed by atoms with van der Waals surface area (Å²) in [5.41, 5.74) is 4.73. The van der Waals surface area contributed by atoms with Crippen molar-refractivity contribution in [3.8, 4) is 11.3 Å². The Morgan fingerprint density at radius 1 is 1.12 bits per heavy atom. The van der Waals surface area contributed by atoms with E-state index in [1.54, 1.807) is 0 Å². The summed E-state index contributed by atoms with van der Waals surface area (Å²) in [6.07, 6.45) is 0. The van der Waals surface area contributed by atoms with Crippen molar-refractivity contribution in [1.29, 1.82) is 0 Å². The number of aryl methyl sites for hydroxylation is 2. The van der Waals surface area contributed by atoms with Crippen LogP contribution in [0.4, 0.5) is 0 Å². The lowest BCUT2D eigenvalue weighted by molar-refractivity contribution is 0.792. The molecule has 0 unspecified atom stereocenters.